The van der Waals surface area contributed by atoms with Crippen molar-refractivity contribution in [1.29, 1.82) is 0 Å². The van der Waals surface area contributed by atoms with Gasteiger partial charge in [-0.25, -0.2) is 12.8 Å². The first-order chi connectivity index (χ1) is 18.8. The van der Waals surface area contributed by atoms with Crippen LogP contribution in [-0.2, 0) is 25.7 Å². The molecule has 0 N–H and O–H groups in total. The van der Waals surface area contributed by atoms with Crippen LogP contribution in [0.5, 0.6) is 5.75 Å². The van der Waals surface area contributed by atoms with Crippen LogP contribution in [0.1, 0.15) is 36.5 Å². The minimum absolute atomic E-state index is 0.0490. The van der Waals surface area contributed by atoms with Crippen LogP contribution in [0.15, 0.2) is 59.8 Å². The number of halogens is 5. The second kappa shape index (κ2) is 11.5. The molecule has 7 nitrogen and oxygen atoms in total. The molecule has 0 saturated carbocycles. The Morgan fingerprint density at radius 1 is 1.23 bits per heavy atom. The third kappa shape index (κ3) is 6.23. The van der Waals surface area contributed by atoms with Crippen LogP contribution < -0.4 is 9.04 Å². The molecule has 0 fully saturated rings. The summed E-state index contributed by atoms with van der Waals surface area (Å²) in [5, 5.41) is 0.185. The van der Waals surface area contributed by atoms with E-state index in [0.29, 0.717) is 23.4 Å². The Hall–Kier alpha value is -3.64. The van der Waals surface area contributed by atoms with Gasteiger partial charge in [-0.2, -0.15) is 13.2 Å². The zero-order valence-electron chi connectivity index (χ0n) is 21.2. The van der Waals surface area contributed by atoms with Crippen LogP contribution in [-0.4, -0.2) is 39.1 Å². The number of esters is 1. The molecule has 0 bridgehead atoms. The van der Waals surface area contributed by atoms with Gasteiger partial charge in [0.1, 0.15) is 22.6 Å². The zero-order chi connectivity index (χ0) is 29.2. The topological polar surface area (TPSA) is 85.8 Å². The van der Waals surface area contributed by atoms with E-state index in [9.17, 15) is 30.8 Å². The number of benzene rings is 2. The summed E-state index contributed by atoms with van der Waals surface area (Å²) >= 11 is 6.17. The first-order valence-electron chi connectivity index (χ1n) is 11.9. The number of carbonyl (C=O) groups excluding carboxylic acids is 1. The number of aromatic nitrogens is 1. The van der Waals surface area contributed by atoms with E-state index in [1.54, 1.807) is 19.1 Å². The first kappa shape index (κ1) is 29.3. The highest BCUT2D eigenvalue weighted by Gasteiger charge is 2.37. The third-order valence-electron chi connectivity index (χ3n) is 6.18. The molecule has 2 aromatic carbocycles. The Balaban J connectivity index is 1.79. The maximum atomic E-state index is 14.4. The van der Waals surface area contributed by atoms with Crippen molar-refractivity contribution in [3.8, 4) is 5.75 Å². The van der Waals surface area contributed by atoms with Gasteiger partial charge in [-0.3, -0.25) is 14.1 Å². The molecule has 1 atom stereocenters. The fourth-order valence-electron chi connectivity index (χ4n) is 4.22. The third-order valence-corrected chi connectivity index (χ3v) is 8.24. The minimum atomic E-state index is -4.81. The van der Waals surface area contributed by atoms with Crippen molar-refractivity contribution in [1.82, 2.24) is 4.98 Å². The number of allylic oxidation sites excluding steroid dienone is 1. The summed E-state index contributed by atoms with van der Waals surface area (Å²) in [5.74, 6) is -0.950. The lowest BCUT2D eigenvalue weighted by molar-refractivity contribution is -0.141. The van der Waals surface area contributed by atoms with Crippen LogP contribution in [0.25, 0.3) is 11.6 Å². The number of methoxy groups -OCH3 is 1. The number of anilines is 1. The van der Waals surface area contributed by atoms with E-state index in [2.05, 4.69) is 9.72 Å². The summed E-state index contributed by atoms with van der Waals surface area (Å²) in [6.07, 6.45) is -2.65. The lowest BCUT2D eigenvalue weighted by Gasteiger charge is -2.35. The predicted molar refractivity (Wildman–Crippen MR) is 141 cm³/mol. The van der Waals surface area contributed by atoms with Gasteiger partial charge in [0.25, 0.3) is 10.0 Å². The van der Waals surface area contributed by atoms with E-state index < -0.39 is 44.5 Å². The molecular formula is C27H23ClF4N2O5S. The Morgan fingerprint density at radius 2 is 1.98 bits per heavy atom. The first-order valence-corrected chi connectivity index (χ1v) is 13.7. The number of sulfonamides is 1. The molecule has 212 valence electrons. The Kier molecular flexibility index (Phi) is 8.41. The summed E-state index contributed by atoms with van der Waals surface area (Å²) in [7, 11) is -3.36. The van der Waals surface area contributed by atoms with Crippen molar-refractivity contribution in [3.63, 3.8) is 0 Å². The number of pyridine rings is 1. The molecule has 0 unspecified atom stereocenters. The van der Waals surface area contributed by atoms with E-state index in [1.807, 2.05) is 0 Å². The largest absolute Gasteiger partial charge is 0.486 e. The van der Waals surface area contributed by atoms with Gasteiger partial charge in [-0.1, -0.05) is 29.8 Å². The lowest BCUT2D eigenvalue weighted by Crippen LogP contribution is -2.43. The molecule has 4 rings (SSSR count). The van der Waals surface area contributed by atoms with Crippen molar-refractivity contribution in [2.45, 2.75) is 36.9 Å². The maximum Gasteiger partial charge on any atom is 0.417 e. The average molecular weight is 599 g/mol. The maximum absolute atomic E-state index is 14.4. The monoisotopic (exact) mass is 598 g/mol. The quantitative estimate of drug-likeness (QED) is 0.179. The van der Waals surface area contributed by atoms with Gasteiger partial charge in [0.05, 0.1) is 29.9 Å². The number of ether oxygens (including phenoxy) is 2. The SMILES string of the molecule is COC(=O)CC[C@H]1CN(S(=O)(=O)c2cncc(C(F)(F)F)c2)c2cc(/C=C(\C)c3c(F)cccc3Cl)ccc2O1. The number of alkyl halides is 3. The van der Waals surface area contributed by atoms with Gasteiger partial charge >= 0.3 is 12.1 Å². The van der Waals surface area contributed by atoms with Gasteiger partial charge in [0, 0.05) is 24.4 Å². The molecule has 1 aromatic heterocycles. The smallest absolute Gasteiger partial charge is 0.417 e. The molecule has 0 radical (unpaired) electrons. The Morgan fingerprint density at radius 3 is 2.65 bits per heavy atom. The number of fused-ring (bicyclic) bond motifs is 1. The van der Waals surface area contributed by atoms with Crippen molar-refractivity contribution < 1.29 is 40.2 Å². The molecule has 0 saturated heterocycles. The van der Waals surface area contributed by atoms with E-state index in [4.69, 9.17) is 16.3 Å². The highest BCUT2D eigenvalue weighted by Crippen LogP contribution is 2.40. The number of hydrogen-bond acceptors (Lipinski definition) is 6. The standard InChI is InChI=1S/C27H23ClF4N2O5S/c1-16(26-21(28)4-3-5-22(26)29)10-17-6-8-24-23(11-17)34(15-19(39-24)7-9-25(35)38-2)40(36,37)20-12-18(13-33-14-20)27(30,31)32/h3-6,8,10-14,19H,7,9,15H2,1-2H3/b16-10+/t19-/m0/s1. The second-order valence-electron chi connectivity index (χ2n) is 8.95. The summed E-state index contributed by atoms with van der Waals surface area (Å²) in [6.45, 7) is 1.33. The summed E-state index contributed by atoms with van der Waals surface area (Å²) < 4.78 is 93.3. The molecule has 0 spiro atoms. The average Bonchev–Trinajstić information content (AvgIpc) is 2.90. The fourth-order valence-corrected chi connectivity index (χ4v) is 6.02. The van der Waals surface area contributed by atoms with Gasteiger partial charge in [0.2, 0.25) is 0 Å². The van der Waals surface area contributed by atoms with Crippen molar-refractivity contribution >= 4 is 44.9 Å². The van der Waals surface area contributed by atoms with Crippen LogP contribution in [0.2, 0.25) is 5.02 Å². The Labute approximate surface area is 233 Å². The van der Waals surface area contributed by atoms with Gasteiger partial charge in [-0.15, -0.1) is 0 Å². The van der Waals surface area contributed by atoms with Crippen LogP contribution in [0, 0.1) is 5.82 Å². The fraction of sp³-hybridized carbons (Fsp3) is 0.259. The van der Waals surface area contributed by atoms with Crippen molar-refractivity contribution in [3.05, 3.63) is 82.4 Å². The summed E-state index contributed by atoms with van der Waals surface area (Å²) in [6, 6.07) is 9.32. The summed E-state index contributed by atoms with van der Waals surface area (Å²) in [5.41, 5.74) is -0.103. The molecular weight excluding hydrogens is 576 g/mol. The highest BCUT2D eigenvalue weighted by molar-refractivity contribution is 7.92. The lowest BCUT2D eigenvalue weighted by atomic mass is 10.0. The molecule has 13 heteroatoms. The minimum Gasteiger partial charge on any atom is -0.486 e. The predicted octanol–water partition coefficient (Wildman–Crippen LogP) is 6.36. The normalized spacial score (nSPS) is 15.8. The Bertz CT molecular complexity index is 1560. The van der Waals surface area contributed by atoms with Gasteiger partial charge in [0.15, 0.2) is 0 Å². The number of carbonyl (C=O) groups is 1. The second-order valence-corrected chi connectivity index (χ2v) is 11.2. The van der Waals surface area contributed by atoms with Crippen LogP contribution in [0.4, 0.5) is 23.2 Å². The molecule has 40 heavy (non-hydrogen) atoms. The van der Waals surface area contributed by atoms with Crippen LogP contribution >= 0.6 is 11.6 Å². The zero-order valence-corrected chi connectivity index (χ0v) is 22.8. The van der Waals surface area contributed by atoms with Crippen molar-refractivity contribution in [2.75, 3.05) is 18.0 Å². The summed E-state index contributed by atoms with van der Waals surface area (Å²) in [4.78, 5) is 14.5. The van der Waals surface area contributed by atoms with Gasteiger partial charge in [-0.05, 0) is 54.8 Å². The van der Waals surface area contributed by atoms with Crippen molar-refractivity contribution in [2.24, 2.45) is 0 Å². The number of nitrogens with zero attached hydrogens (tertiary/aromatic N) is 2. The molecule has 3 aromatic rings. The van der Waals surface area contributed by atoms with E-state index in [1.165, 1.54) is 37.4 Å². The van der Waals surface area contributed by atoms with E-state index in [0.717, 1.165) is 10.5 Å². The van der Waals surface area contributed by atoms with E-state index in [-0.39, 0.29) is 41.4 Å². The molecule has 1 aliphatic heterocycles. The van der Waals surface area contributed by atoms with E-state index >= 15 is 0 Å². The molecule has 0 amide bonds. The molecule has 1 aliphatic rings. The van der Waals surface area contributed by atoms with Gasteiger partial charge < -0.3 is 9.47 Å². The molecule has 2 heterocycles. The van der Waals surface area contributed by atoms with Crippen LogP contribution in [0.3, 0.4) is 0 Å². The number of rotatable bonds is 7. The number of hydrogen-bond donors (Lipinski definition) is 0. The highest BCUT2D eigenvalue weighted by atomic mass is 35.5. The molecule has 0 aliphatic carbocycles.